The summed E-state index contributed by atoms with van der Waals surface area (Å²) in [5, 5.41) is 25.1. The van der Waals surface area contributed by atoms with E-state index in [1.165, 1.54) is 12.1 Å². The Bertz CT molecular complexity index is 2740. The van der Waals surface area contributed by atoms with Crippen molar-refractivity contribution in [2.75, 3.05) is 10.9 Å². The Kier molecular flexibility index (Phi) is 15.4. The van der Waals surface area contributed by atoms with E-state index in [4.69, 9.17) is 9.47 Å². The second-order valence-electron chi connectivity index (χ2n) is 23.5. The fraction of sp³-hybridized carbons (Fsp3) is 0.400. The second kappa shape index (κ2) is 19.9. The SMILES string of the molecule is C[CH2][Ge]([CH2]C)([CH2]Oc1cc(F)c(F)c(F)c1-c1cc(C)cc(-c2cc(C(C)(C)C)cc(C(C)(C)C)c2)c1O)[CH2]Oc1cc(F)c(F)c(F)c1-c1cc(C)cc(-c2cc(C(C)(C)C)cc(C(C)(C)C)c2)c1O. The molecule has 6 aromatic rings. The fourth-order valence-corrected chi connectivity index (χ4v) is 13.6. The summed E-state index contributed by atoms with van der Waals surface area (Å²) >= 11 is -3.65. The number of phenols is 2. The molecule has 0 fully saturated rings. The normalized spacial score (nSPS) is 12.7. The van der Waals surface area contributed by atoms with Gasteiger partial charge in [0.05, 0.1) is 0 Å². The summed E-state index contributed by atoms with van der Waals surface area (Å²) in [6, 6.07) is 20.2. The Morgan fingerprint density at radius 2 is 0.690 bits per heavy atom. The number of halogens is 6. The quantitative estimate of drug-likeness (QED) is 0.0728. The molecule has 0 aromatic heterocycles. The predicted molar refractivity (Wildman–Crippen MR) is 280 cm³/mol. The molecule has 6 rings (SSSR count). The summed E-state index contributed by atoms with van der Waals surface area (Å²) in [5.74, 6) is -11.0. The van der Waals surface area contributed by atoms with Gasteiger partial charge >= 0.3 is 422 Å². The van der Waals surface area contributed by atoms with Gasteiger partial charge in [0.2, 0.25) is 0 Å². The molecule has 0 saturated carbocycles. The molecule has 0 unspecified atom stereocenters. The molecule has 0 aliphatic rings. The van der Waals surface area contributed by atoms with Crippen LogP contribution >= 0.6 is 0 Å². The molecule has 71 heavy (non-hydrogen) atoms. The number of hydrogen-bond donors (Lipinski definition) is 2. The molecule has 0 aliphatic heterocycles. The molecule has 0 bridgehead atoms. The zero-order valence-electron chi connectivity index (χ0n) is 44.2. The first-order valence-electron chi connectivity index (χ1n) is 24.3. The van der Waals surface area contributed by atoms with Crippen LogP contribution in [0.15, 0.2) is 72.8 Å². The van der Waals surface area contributed by atoms with Crippen LogP contribution in [0.25, 0.3) is 44.5 Å². The van der Waals surface area contributed by atoms with Crippen LogP contribution in [0.4, 0.5) is 26.3 Å². The first-order valence-corrected chi connectivity index (χ1v) is 30.3. The summed E-state index contributed by atoms with van der Waals surface area (Å²) in [7, 11) is 0. The first-order chi connectivity index (χ1) is 32.7. The van der Waals surface area contributed by atoms with Gasteiger partial charge < -0.3 is 0 Å². The van der Waals surface area contributed by atoms with Crippen LogP contribution in [0.5, 0.6) is 23.0 Å². The number of aromatic hydroxyl groups is 2. The van der Waals surface area contributed by atoms with Crippen LogP contribution in [0.3, 0.4) is 0 Å². The van der Waals surface area contributed by atoms with Crippen LogP contribution in [0.1, 0.15) is 130 Å². The van der Waals surface area contributed by atoms with Gasteiger partial charge in [-0.2, -0.15) is 0 Å². The van der Waals surface area contributed by atoms with Gasteiger partial charge in [0.25, 0.3) is 0 Å². The molecule has 4 nitrogen and oxygen atoms in total. The van der Waals surface area contributed by atoms with Crippen molar-refractivity contribution in [1.82, 2.24) is 0 Å². The van der Waals surface area contributed by atoms with Gasteiger partial charge in [-0.05, 0) is 0 Å². The Balaban J connectivity index is 1.43. The molecule has 380 valence electrons. The number of benzene rings is 6. The predicted octanol–water partition coefficient (Wildman–Crippen LogP) is 17.4. The Morgan fingerprint density at radius 3 is 0.958 bits per heavy atom. The van der Waals surface area contributed by atoms with Crippen molar-refractivity contribution in [2.45, 2.75) is 143 Å². The standard InChI is InChI=1S/C60H70F6GeO4/c1-17-67(18-2,31-70-47-29-45(61)51(63)53(65)49(47)43-21-33(3)19-41(55(43)68)35-23-37(57(5,6)7)27-38(24-35)58(8,9)10)32-71-48-30-46(62)52(64)54(66)50(48)44-22-34(4)20-42(56(44)69)36-25-39(59(11,12)13)28-40(26-36)60(14,15)16/h19-30,68-69H,17-18,31-32H2,1-16H3. The minimum atomic E-state index is -3.65. The van der Waals surface area contributed by atoms with E-state index in [0.29, 0.717) is 43.9 Å². The molecule has 0 spiro atoms. The zero-order valence-corrected chi connectivity index (χ0v) is 46.3. The molecule has 0 saturated heterocycles. The average molecular weight is 1040 g/mol. The Morgan fingerprint density at radius 1 is 0.408 bits per heavy atom. The maximum absolute atomic E-state index is 16.4. The third kappa shape index (κ3) is 11.5. The molecule has 0 atom stereocenters. The van der Waals surface area contributed by atoms with Crippen molar-refractivity contribution in [3.63, 3.8) is 0 Å². The van der Waals surface area contributed by atoms with E-state index >= 15 is 26.3 Å². The van der Waals surface area contributed by atoms with Crippen molar-refractivity contribution >= 4 is 13.3 Å². The second-order valence-corrected chi connectivity index (χ2v) is 34.0. The third-order valence-corrected chi connectivity index (χ3v) is 23.3. The number of ether oxygens (including phenoxy) is 2. The Hall–Kier alpha value is -5.36. The van der Waals surface area contributed by atoms with Crippen molar-refractivity contribution in [3.8, 4) is 67.5 Å². The van der Waals surface area contributed by atoms with Crippen LogP contribution < -0.4 is 9.47 Å². The first kappa shape index (κ1) is 55.0. The molecular formula is C60H70F6GeO4. The van der Waals surface area contributed by atoms with Gasteiger partial charge in [-0.1, -0.05) is 0 Å². The van der Waals surface area contributed by atoms with Crippen molar-refractivity contribution in [2.24, 2.45) is 0 Å². The molecule has 11 heteroatoms. The molecule has 2 N–H and O–H groups in total. The molecule has 0 amide bonds. The van der Waals surface area contributed by atoms with Gasteiger partial charge in [-0.25, -0.2) is 0 Å². The van der Waals surface area contributed by atoms with E-state index in [9.17, 15) is 10.2 Å². The van der Waals surface area contributed by atoms with Crippen LogP contribution in [0, 0.1) is 48.8 Å². The van der Waals surface area contributed by atoms with Crippen molar-refractivity contribution in [3.05, 3.63) is 141 Å². The van der Waals surface area contributed by atoms with Crippen LogP contribution in [-0.4, -0.2) is 34.4 Å². The van der Waals surface area contributed by atoms with E-state index in [1.54, 1.807) is 26.0 Å². The number of rotatable bonds is 12. The third-order valence-electron chi connectivity index (χ3n) is 13.8. The topological polar surface area (TPSA) is 58.9 Å². The summed E-state index contributed by atoms with van der Waals surface area (Å²) in [5.41, 5.74) is 4.81. The average Bonchev–Trinajstić information content (AvgIpc) is 3.28. The summed E-state index contributed by atoms with van der Waals surface area (Å²) in [6.45, 7) is 32.3. The van der Waals surface area contributed by atoms with Gasteiger partial charge in [-0.15, -0.1) is 0 Å². The number of aryl methyl sites for hydroxylation is 2. The number of hydrogen-bond acceptors (Lipinski definition) is 4. The molecule has 0 radical (unpaired) electrons. The van der Waals surface area contributed by atoms with Crippen molar-refractivity contribution < 1.29 is 46.0 Å². The fourth-order valence-electron chi connectivity index (χ4n) is 8.72. The van der Waals surface area contributed by atoms with Gasteiger partial charge in [0.1, 0.15) is 0 Å². The Labute approximate surface area is 419 Å². The summed E-state index contributed by atoms with van der Waals surface area (Å²) < 4.78 is 107. The van der Waals surface area contributed by atoms with E-state index in [0.717, 1.165) is 34.4 Å². The molecule has 0 heterocycles. The minimum absolute atomic E-state index is 0.105. The van der Waals surface area contributed by atoms with Gasteiger partial charge in [0.15, 0.2) is 0 Å². The summed E-state index contributed by atoms with van der Waals surface area (Å²) in [6.07, 6.45) is 0. The maximum atomic E-state index is 16.4. The van der Waals surface area contributed by atoms with E-state index < -0.39 is 59.3 Å². The molecule has 6 aromatic carbocycles. The van der Waals surface area contributed by atoms with Crippen LogP contribution in [0.2, 0.25) is 10.5 Å². The summed E-state index contributed by atoms with van der Waals surface area (Å²) in [4.78, 5) is 0. The van der Waals surface area contributed by atoms with Crippen molar-refractivity contribution in [1.29, 1.82) is 0 Å². The van der Waals surface area contributed by atoms with E-state index in [1.807, 2.05) is 38.1 Å². The molecular weight excluding hydrogens is 971 g/mol. The molecule has 0 aliphatic carbocycles. The van der Waals surface area contributed by atoms with Crippen LogP contribution in [-0.2, 0) is 21.7 Å². The van der Waals surface area contributed by atoms with E-state index in [-0.39, 0.29) is 66.7 Å². The van der Waals surface area contributed by atoms with Gasteiger partial charge in [-0.3, -0.25) is 0 Å². The zero-order chi connectivity index (χ0) is 53.1. The monoisotopic (exact) mass is 1040 g/mol. The van der Waals surface area contributed by atoms with E-state index in [2.05, 4.69) is 95.2 Å². The number of phenolic OH excluding ortho intramolecular Hbond substituents is 2. The van der Waals surface area contributed by atoms with Gasteiger partial charge in [0, 0.05) is 0 Å².